The van der Waals surface area contributed by atoms with E-state index < -0.39 is 0 Å². The second kappa shape index (κ2) is 6.53. The molecular weight excluding hydrogens is 282 g/mol. The summed E-state index contributed by atoms with van der Waals surface area (Å²) in [6.07, 6.45) is 0. The predicted octanol–water partition coefficient (Wildman–Crippen LogP) is 2.86. The molecule has 0 saturated carbocycles. The molecule has 0 amide bonds. The number of benzene rings is 1. The van der Waals surface area contributed by atoms with Crippen LogP contribution in [0.15, 0.2) is 28.6 Å². The molecule has 0 bridgehead atoms. The van der Waals surface area contributed by atoms with Crippen molar-refractivity contribution < 1.29 is 9.53 Å². The molecule has 7 heteroatoms. The molecule has 1 heterocycles. The zero-order chi connectivity index (χ0) is 13.7. The smallest absolute Gasteiger partial charge is 0.316 e. The molecule has 0 spiro atoms. The van der Waals surface area contributed by atoms with Crippen LogP contribution in [0.25, 0.3) is 0 Å². The Kier molecular flexibility index (Phi) is 4.75. The Morgan fingerprint density at radius 3 is 3.05 bits per heavy atom. The molecule has 0 saturated heterocycles. The fourth-order valence-corrected chi connectivity index (χ4v) is 2.95. The van der Waals surface area contributed by atoms with Gasteiger partial charge < -0.3 is 10.1 Å². The van der Waals surface area contributed by atoms with Gasteiger partial charge in [0.05, 0.1) is 12.9 Å². The third-order valence-electron chi connectivity index (χ3n) is 2.22. The minimum absolute atomic E-state index is 0.246. The highest BCUT2D eigenvalue weighted by atomic mass is 32.2. The van der Waals surface area contributed by atoms with Gasteiger partial charge in [0.15, 0.2) is 4.34 Å². The number of hydrogen-bond donors (Lipinski definition) is 1. The highest BCUT2D eigenvalue weighted by Gasteiger charge is 2.08. The quantitative estimate of drug-likeness (QED) is 0.676. The number of rotatable bonds is 5. The van der Waals surface area contributed by atoms with E-state index in [1.54, 1.807) is 0 Å². The van der Waals surface area contributed by atoms with Crippen LogP contribution in [0.1, 0.15) is 5.56 Å². The van der Waals surface area contributed by atoms with Crippen molar-refractivity contribution in [3.8, 4) is 0 Å². The van der Waals surface area contributed by atoms with Crippen LogP contribution in [0.2, 0.25) is 0 Å². The highest BCUT2D eigenvalue weighted by molar-refractivity contribution is 8.01. The van der Waals surface area contributed by atoms with E-state index in [1.165, 1.54) is 35.8 Å². The Bertz CT molecular complexity index is 572. The lowest BCUT2D eigenvalue weighted by molar-refractivity contribution is -0.137. The second-order valence-electron chi connectivity index (χ2n) is 3.73. The van der Waals surface area contributed by atoms with Gasteiger partial charge in [0.2, 0.25) is 5.13 Å². The van der Waals surface area contributed by atoms with Crippen molar-refractivity contribution in [2.24, 2.45) is 0 Å². The van der Waals surface area contributed by atoms with Crippen LogP contribution >= 0.6 is 23.1 Å². The van der Waals surface area contributed by atoms with Crippen molar-refractivity contribution >= 4 is 39.9 Å². The van der Waals surface area contributed by atoms with E-state index in [9.17, 15) is 4.79 Å². The first-order valence-electron chi connectivity index (χ1n) is 5.54. The first kappa shape index (κ1) is 13.8. The third kappa shape index (κ3) is 4.22. The van der Waals surface area contributed by atoms with Crippen LogP contribution in [0.3, 0.4) is 0 Å². The monoisotopic (exact) mass is 295 g/mol. The summed E-state index contributed by atoms with van der Waals surface area (Å²) in [5.41, 5.74) is 2.15. The van der Waals surface area contributed by atoms with E-state index in [2.05, 4.69) is 20.3 Å². The van der Waals surface area contributed by atoms with Crippen molar-refractivity contribution in [1.29, 1.82) is 0 Å². The van der Waals surface area contributed by atoms with Gasteiger partial charge in [-0.15, -0.1) is 10.2 Å². The number of aryl methyl sites for hydroxylation is 1. The summed E-state index contributed by atoms with van der Waals surface area (Å²) in [7, 11) is 1.37. The fraction of sp³-hybridized carbons (Fsp3) is 0.250. The molecule has 5 nitrogen and oxygen atoms in total. The van der Waals surface area contributed by atoms with Crippen LogP contribution in [0.4, 0.5) is 10.8 Å². The maximum Gasteiger partial charge on any atom is 0.316 e. The summed E-state index contributed by atoms with van der Waals surface area (Å²) >= 11 is 2.73. The van der Waals surface area contributed by atoms with Gasteiger partial charge in [0, 0.05) is 5.69 Å². The fourth-order valence-electron chi connectivity index (χ4n) is 1.34. The maximum absolute atomic E-state index is 11.0. The molecule has 0 unspecified atom stereocenters. The van der Waals surface area contributed by atoms with E-state index in [4.69, 9.17) is 0 Å². The first-order valence-corrected chi connectivity index (χ1v) is 7.34. The number of nitrogens with zero attached hydrogens (tertiary/aromatic N) is 2. The lowest BCUT2D eigenvalue weighted by Crippen LogP contribution is -2.02. The summed E-state index contributed by atoms with van der Waals surface area (Å²) in [5.74, 6) is -0.0244. The summed E-state index contributed by atoms with van der Waals surface area (Å²) in [5, 5.41) is 11.9. The molecule has 1 aromatic heterocycles. The van der Waals surface area contributed by atoms with Crippen molar-refractivity contribution in [2.75, 3.05) is 18.2 Å². The maximum atomic E-state index is 11.0. The summed E-state index contributed by atoms with van der Waals surface area (Å²) in [4.78, 5) is 11.0. The SMILES string of the molecule is COC(=O)CSc1nnc(Nc2cccc(C)c2)s1. The summed E-state index contributed by atoms with van der Waals surface area (Å²) in [6, 6.07) is 8.01. The van der Waals surface area contributed by atoms with Crippen LogP contribution in [-0.4, -0.2) is 29.0 Å². The van der Waals surface area contributed by atoms with E-state index in [0.717, 1.165) is 10.0 Å². The number of thioether (sulfide) groups is 1. The number of methoxy groups -OCH3 is 1. The van der Waals surface area contributed by atoms with E-state index in [-0.39, 0.29) is 11.7 Å². The lowest BCUT2D eigenvalue weighted by Gasteiger charge is -2.01. The van der Waals surface area contributed by atoms with Crippen molar-refractivity contribution in [3.05, 3.63) is 29.8 Å². The van der Waals surface area contributed by atoms with E-state index >= 15 is 0 Å². The topological polar surface area (TPSA) is 64.1 Å². The minimum atomic E-state index is -0.270. The number of anilines is 2. The van der Waals surface area contributed by atoms with Crippen molar-refractivity contribution in [3.63, 3.8) is 0 Å². The Morgan fingerprint density at radius 1 is 1.47 bits per heavy atom. The van der Waals surface area contributed by atoms with Crippen molar-refractivity contribution in [1.82, 2.24) is 10.2 Å². The highest BCUT2D eigenvalue weighted by Crippen LogP contribution is 2.27. The Balaban J connectivity index is 1.95. The molecule has 0 aliphatic rings. The van der Waals surface area contributed by atoms with Crippen LogP contribution in [0, 0.1) is 6.92 Å². The normalized spacial score (nSPS) is 10.2. The molecule has 1 aromatic carbocycles. The molecule has 0 aliphatic heterocycles. The molecule has 2 rings (SSSR count). The number of nitrogens with one attached hydrogen (secondary N) is 1. The first-order chi connectivity index (χ1) is 9.17. The number of aromatic nitrogens is 2. The molecule has 19 heavy (non-hydrogen) atoms. The van der Waals surface area contributed by atoms with Gasteiger partial charge in [0.25, 0.3) is 0 Å². The van der Waals surface area contributed by atoms with Gasteiger partial charge in [-0.25, -0.2) is 0 Å². The van der Waals surface area contributed by atoms with Gasteiger partial charge in [0.1, 0.15) is 0 Å². The largest absolute Gasteiger partial charge is 0.468 e. The molecule has 0 radical (unpaired) electrons. The molecule has 0 fully saturated rings. The molecule has 1 N–H and O–H groups in total. The number of hydrogen-bond acceptors (Lipinski definition) is 7. The standard InChI is InChI=1S/C12H13N3O2S2/c1-8-4-3-5-9(6-8)13-11-14-15-12(19-11)18-7-10(16)17-2/h3-6H,7H2,1-2H3,(H,13,14). The number of esters is 1. The average molecular weight is 295 g/mol. The number of ether oxygens (including phenoxy) is 1. The van der Waals surface area contributed by atoms with Crippen LogP contribution in [0.5, 0.6) is 0 Å². The summed E-state index contributed by atoms with van der Waals surface area (Å²) in [6.45, 7) is 2.03. The second-order valence-corrected chi connectivity index (χ2v) is 5.93. The van der Waals surface area contributed by atoms with Gasteiger partial charge in [-0.1, -0.05) is 35.2 Å². The molecule has 0 atom stereocenters. The molecule has 2 aromatic rings. The van der Waals surface area contributed by atoms with Gasteiger partial charge >= 0.3 is 5.97 Å². The average Bonchev–Trinajstić information content (AvgIpc) is 2.83. The minimum Gasteiger partial charge on any atom is -0.468 e. The Labute approximate surface area is 119 Å². The lowest BCUT2D eigenvalue weighted by atomic mass is 10.2. The van der Waals surface area contributed by atoms with Crippen molar-refractivity contribution in [2.45, 2.75) is 11.3 Å². The number of carbonyl (C=O) groups excluding carboxylic acids is 1. The Hall–Kier alpha value is -1.60. The Morgan fingerprint density at radius 2 is 2.32 bits per heavy atom. The molecular formula is C12H13N3O2S2. The zero-order valence-electron chi connectivity index (χ0n) is 10.5. The molecule has 100 valence electrons. The van der Waals surface area contributed by atoms with Crippen LogP contribution in [-0.2, 0) is 9.53 Å². The van der Waals surface area contributed by atoms with Crippen LogP contribution < -0.4 is 5.32 Å². The van der Waals surface area contributed by atoms with Gasteiger partial charge in [-0.05, 0) is 24.6 Å². The van der Waals surface area contributed by atoms with E-state index in [0.29, 0.717) is 5.13 Å². The number of carbonyl (C=O) groups is 1. The third-order valence-corrected chi connectivity index (χ3v) is 4.16. The van der Waals surface area contributed by atoms with Gasteiger partial charge in [-0.3, -0.25) is 4.79 Å². The van der Waals surface area contributed by atoms with E-state index in [1.807, 2.05) is 31.2 Å². The predicted molar refractivity (Wildman–Crippen MR) is 77.1 cm³/mol. The molecule has 0 aliphatic carbocycles. The van der Waals surface area contributed by atoms with Gasteiger partial charge in [-0.2, -0.15) is 0 Å². The zero-order valence-corrected chi connectivity index (χ0v) is 12.2. The summed E-state index contributed by atoms with van der Waals surface area (Å²) < 4.78 is 5.31.